The van der Waals surface area contributed by atoms with Gasteiger partial charge in [-0.1, -0.05) is 25.5 Å². The van der Waals surface area contributed by atoms with E-state index in [9.17, 15) is 9.59 Å². The van der Waals surface area contributed by atoms with Gasteiger partial charge >= 0.3 is 6.03 Å². The first kappa shape index (κ1) is 29.9. The summed E-state index contributed by atoms with van der Waals surface area (Å²) in [4.78, 5) is 35.5. The maximum Gasteiger partial charge on any atom is 0.315 e. The van der Waals surface area contributed by atoms with Gasteiger partial charge in [-0.2, -0.15) is 0 Å². The third-order valence-electron chi connectivity index (χ3n) is 8.53. The average Bonchev–Trinajstić information content (AvgIpc) is 3.51. The van der Waals surface area contributed by atoms with Gasteiger partial charge in [0.25, 0.3) is 0 Å². The van der Waals surface area contributed by atoms with Crippen LogP contribution in [-0.4, -0.2) is 72.3 Å². The molecule has 1 atom stereocenters. The molecule has 1 aliphatic carbocycles. The number of urea groups is 1. The Morgan fingerprint density at radius 2 is 1.80 bits per heavy atom. The van der Waals surface area contributed by atoms with Gasteiger partial charge < -0.3 is 30.0 Å². The number of unbranched alkanes of at least 4 members (excludes halogenated alkanes) is 1. The molecular weight excluding hydrogens is 506 g/mol. The summed E-state index contributed by atoms with van der Waals surface area (Å²) in [5.74, 6) is 2.15. The molecule has 1 unspecified atom stereocenters. The minimum atomic E-state index is -0.632. The first-order chi connectivity index (χ1) is 19.6. The molecule has 2 aromatic rings. The van der Waals surface area contributed by atoms with Crippen LogP contribution < -0.4 is 15.4 Å². The lowest BCUT2D eigenvalue weighted by Gasteiger charge is -2.40. The summed E-state index contributed by atoms with van der Waals surface area (Å²) in [6.07, 6.45) is 14.0. The van der Waals surface area contributed by atoms with Gasteiger partial charge in [0.2, 0.25) is 5.91 Å². The van der Waals surface area contributed by atoms with Crippen LogP contribution in [0.2, 0.25) is 0 Å². The predicted octanol–water partition coefficient (Wildman–Crippen LogP) is 4.49. The predicted molar refractivity (Wildman–Crippen MR) is 155 cm³/mol. The van der Waals surface area contributed by atoms with Crippen molar-refractivity contribution < 1.29 is 19.1 Å². The van der Waals surface area contributed by atoms with Crippen molar-refractivity contribution >= 4 is 11.9 Å². The second-order valence-electron chi connectivity index (χ2n) is 11.3. The number of aromatic amines is 1. The second-order valence-corrected chi connectivity index (χ2v) is 11.3. The highest BCUT2D eigenvalue weighted by Crippen LogP contribution is 2.36. The zero-order valence-corrected chi connectivity index (χ0v) is 24.2. The van der Waals surface area contributed by atoms with E-state index in [0.29, 0.717) is 31.4 Å². The van der Waals surface area contributed by atoms with Crippen LogP contribution in [0.15, 0.2) is 36.8 Å². The number of carbonyl (C=O) groups is 2. The standard InChI is InChI=1S/C31H47N5O4/c1-3-4-19-40-28-11-7-24(8-12-28)25-14-17-36(18-15-25)30(37)29(20-23-5-9-27(39-2)10-6-23)35-31(38)33-16-13-26-21-32-22-34-26/h5-6,9-10,21-22,24-25,28-29H,3-4,7-8,11-20H2,1-2H3,(H,32,34)(H2,33,35,38). The van der Waals surface area contributed by atoms with Gasteiger partial charge in [0, 0.05) is 51.0 Å². The largest absolute Gasteiger partial charge is 0.497 e. The molecule has 3 amide bonds. The lowest BCUT2D eigenvalue weighted by Crippen LogP contribution is -2.54. The van der Waals surface area contributed by atoms with E-state index >= 15 is 0 Å². The summed E-state index contributed by atoms with van der Waals surface area (Å²) in [7, 11) is 1.63. The molecule has 40 heavy (non-hydrogen) atoms. The molecule has 1 saturated carbocycles. The molecule has 2 heterocycles. The number of benzene rings is 1. The van der Waals surface area contributed by atoms with Crippen molar-refractivity contribution in [3.05, 3.63) is 48.0 Å². The van der Waals surface area contributed by atoms with Gasteiger partial charge in [-0.05, 0) is 74.5 Å². The van der Waals surface area contributed by atoms with Crippen LogP contribution in [0.4, 0.5) is 4.79 Å². The Bertz CT molecular complexity index is 1010. The van der Waals surface area contributed by atoms with Crippen molar-refractivity contribution in [1.29, 1.82) is 0 Å². The Balaban J connectivity index is 1.28. The lowest BCUT2D eigenvalue weighted by molar-refractivity contribution is -0.135. The molecule has 0 bridgehead atoms. The molecule has 1 aromatic carbocycles. The zero-order chi connectivity index (χ0) is 28.2. The topological polar surface area (TPSA) is 109 Å². The Labute approximate surface area is 238 Å². The third kappa shape index (κ3) is 8.98. The fraction of sp³-hybridized carbons (Fsp3) is 0.645. The fourth-order valence-electron chi connectivity index (χ4n) is 6.07. The van der Waals surface area contributed by atoms with Crippen molar-refractivity contribution in [2.75, 3.05) is 33.4 Å². The van der Waals surface area contributed by atoms with Crippen LogP contribution in [0.3, 0.4) is 0 Å². The number of ether oxygens (including phenoxy) is 2. The number of imidazole rings is 1. The van der Waals surface area contributed by atoms with Crippen LogP contribution >= 0.6 is 0 Å². The number of H-pyrrole nitrogens is 1. The number of hydrogen-bond acceptors (Lipinski definition) is 5. The van der Waals surface area contributed by atoms with Crippen LogP contribution in [0.5, 0.6) is 5.75 Å². The van der Waals surface area contributed by atoms with E-state index in [-0.39, 0.29) is 11.9 Å². The first-order valence-electron chi connectivity index (χ1n) is 15.1. The van der Waals surface area contributed by atoms with Crippen molar-refractivity contribution in [3.8, 4) is 5.75 Å². The smallest absolute Gasteiger partial charge is 0.315 e. The number of nitrogens with one attached hydrogen (secondary N) is 3. The highest BCUT2D eigenvalue weighted by Gasteiger charge is 2.34. The maximum atomic E-state index is 13.7. The number of piperidine rings is 1. The van der Waals surface area contributed by atoms with Crippen molar-refractivity contribution in [3.63, 3.8) is 0 Å². The van der Waals surface area contributed by atoms with E-state index in [1.165, 1.54) is 19.3 Å². The van der Waals surface area contributed by atoms with Gasteiger partial charge in [-0.25, -0.2) is 9.78 Å². The Kier molecular flexibility index (Phi) is 11.7. The Morgan fingerprint density at radius 1 is 1.07 bits per heavy atom. The van der Waals surface area contributed by atoms with Crippen LogP contribution in [0.1, 0.15) is 69.5 Å². The summed E-state index contributed by atoms with van der Waals surface area (Å²) < 4.78 is 11.3. The summed E-state index contributed by atoms with van der Waals surface area (Å²) in [5.41, 5.74) is 1.93. The highest BCUT2D eigenvalue weighted by atomic mass is 16.5. The highest BCUT2D eigenvalue weighted by molar-refractivity contribution is 5.87. The molecule has 0 radical (unpaired) electrons. The van der Waals surface area contributed by atoms with Crippen molar-refractivity contribution in [1.82, 2.24) is 25.5 Å². The molecule has 1 saturated heterocycles. The van der Waals surface area contributed by atoms with Gasteiger partial charge in [0.05, 0.1) is 19.5 Å². The van der Waals surface area contributed by atoms with Gasteiger partial charge in [0.1, 0.15) is 11.8 Å². The second kappa shape index (κ2) is 15.6. The van der Waals surface area contributed by atoms with Gasteiger partial charge in [-0.3, -0.25) is 4.79 Å². The molecule has 220 valence electrons. The molecule has 4 rings (SSSR count). The maximum absolute atomic E-state index is 13.7. The average molecular weight is 554 g/mol. The number of amides is 3. The molecule has 2 aliphatic rings. The minimum absolute atomic E-state index is 0.00832. The third-order valence-corrected chi connectivity index (χ3v) is 8.53. The number of rotatable bonds is 13. The van der Waals surface area contributed by atoms with E-state index in [2.05, 4.69) is 27.5 Å². The zero-order valence-electron chi connectivity index (χ0n) is 24.2. The SMILES string of the molecule is CCCCOC1CCC(C2CCN(C(=O)C(Cc3ccc(OC)cc3)NC(=O)NCCc3cnc[nH]3)CC2)CC1. The molecule has 1 aliphatic heterocycles. The minimum Gasteiger partial charge on any atom is -0.497 e. The number of aromatic nitrogens is 2. The summed E-state index contributed by atoms with van der Waals surface area (Å²) in [6.45, 7) is 5.04. The normalized spacial score (nSPS) is 20.6. The number of likely N-dealkylation sites (tertiary alicyclic amines) is 1. The quantitative estimate of drug-likeness (QED) is 0.317. The van der Waals surface area contributed by atoms with Gasteiger partial charge in [-0.15, -0.1) is 0 Å². The van der Waals surface area contributed by atoms with E-state index in [1.807, 2.05) is 29.2 Å². The molecule has 9 heteroatoms. The van der Waals surface area contributed by atoms with E-state index in [1.54, 1.807) is 19.6 Å². The monoisotopic (exact) mass is 553 g/mol. The van der Waals surface area contributed by atoms with E-state index in [4.69, 9.17) is 9.47 Å². The Morgan fingerprint density at radius 3 is 2.45 bits per heavy atom. The summed E-state index contributed by atoms with van der Waals surface area (Å²) >= 11 is 0. The van der Waals surface area contributed by atoms with E-state index in [0.717, 1.165) is 74.7 Å². The first-order valence-corrected chi connectivity index (χ1v) is 15.1. The molecule has 9 nitrogen and oxygen atoms in total. The molecule has 2 fully saturated rings. The molecule has 3 N–H and O–H groups in total. The van der Waals surface area contributed by atoms with E-state index < -0.39 is 6.04 Å². The number of methoxy groups -OCH3 is 1. The van der Waals surface area contributed by atoms with Crippen LogP contribution in [0.25, 0.3) is 0 Å². The number of carbonyl (C=O) groups excluding carboxylic acids is 2. The Hall–Kier alpha value is -3.07. The fourth-order valence-corrected chi connectivity index (χ4v) is 6.07. The van der Waals surface area contributed by atoms with Gasteiger partial charge in [0.15, 0.2) is 0 Å². The van der Waals surface area contributed by atoms with Crippen LogP contribution in [0, 0.1) is 11.8 Å². The molecule has 0 spiro atoms. The van der Waals surface area contributed by atoms with Crippen molar-refractivity contribution in [2.24, 2.45) is 11.8 Å². The summed E-state index contributed by atoms with van der Waals surface area (Å²) in [5, 5.41) is 5.84. The molecular formula is C31H47N5O4. The number of nitrogens with zero attached hydrogens (tertiary/aromatic N) is 2. The van der Waals surface area contributed by atoms with Crippen LogP contribution in [-0.2, 0) is 22.4 Å². The van der Waals surface area contributed by atoms with Crippen molar-refractivity contribution in [2.45, 2.75) is 83.3 Å². The summed E-state index contributed by atoms with van der Waals surface area (Å²) in [6, 6.07) is 6.70. The number of hydrogen-bond donors (Lipinski definition) is 3. The lowest BCUT2D eigenvalue weighted by atomic mass is 9.75. The molecule has 1 aromatic heterocycles.